The monoisotopic (exact) mass is 325 g/mol. The number of benzene rings is 1. The SMILES string of the molecule is O[C@@H]1CCC[C@H]1[C@H]1COCCN1CCOc1ccccc1Cl. The molecule has 2 fully saturated rings. The van der Waals surface area contributed by atoms with Gasteiger partial charge in [-0.15, -0.1) is 0 Å². The van der Waals surface area contributed by atoms with Gasteiger partial charge >= 0.3 is 0 Å². The molecule has 1 aliphatic heterocycles. The number of aliphatic hydroxyl groups excluding tert-OH is 1. The predicted molar refractivity (Wildman–Crippen MR) is 86.5 cm³/mol. The Morgan fingerprint density at radius 3 is 2.95 bits per heavy atom. The lowest BCUT2D eigenvalue weighted by Gasteiger charge is -2.40. The van der Waals surface area contributed by atoms with E-state index in [1.807, 2.05) is 24.3 Å². The van der Waals surface area contributed by atoms with Crippen LogP contribution in [0.15, 0.2) is 24.3 Å². The van der Waals surface area contributed by atoms with Crippen LogP contribution in [-0.4, -0.2) is 55.1 Å². The van der Waals surface area contributed by atoms with E-state index in [0.717, 1.165) is 44.7 Å². The zero-order valence-corrected chi connectivity index (χ0v) is 13.5. The average Bonchev–Trinajstić information content (AvgIpc) is 2.96. The van der Waals surface area contributed by atoms with Crippen LogP contribution in [0.4, 0.5) is 0 Å². The maximum Gasteiger partial charge on any atom is 0.137 e. The molecule has 0 unspecified atom stereocenters. The number of hydrogen-bond acceptors (Lipinski definition) is 4. The molecule has 1 aromatic carbocycles. The molecule has 0 radical (unpaired) electrons. The molecule has 0 aromatic heterocycles. The smallest absolute Gasteiger partial charge is 0.137 e. The molecule has 1 aliphatic carbocycles. The summed E-state index contributed by atoms with van der Waals surface area (Å²) in [4.78, 5) is 2.40. The molecular formula is C17H24ClNO3. The molecule has 1 saturated heterocycles. The Morgan fingerprint density at radius 2 is 2.18 bits per heavy atom. The summed E-state index contributed by atoms with van der Waals surface area (Å²) < 4.78 is 11.4. The minimum Gasteiger partial charge on any atom is -0.491 e. The standard InChI is InChI=1S/C17H24ClNO3/c18-14-5-1-2-7-17(14)22-11-9-19-8-10-21-12-15(19)13-4-3-6-16(13)20/h1-2,5,7,13,15-16,20H,3-4,6,8-12H2/t13-,15+,16+/m0/s1. The van der Waals surface area contributed by atoms with Crippen LogP contribution in [0.25, 0.3) is 0 Å². The highest BCUT2D eigenvalue weighted by Gasteiger charge is 2.37. The van der Waals surface area contributed by atoms with E-state index in [9.17, 15) is 5.11 Å². The first-order chi connectivity index (χ1) is 10.8. The maximum absolute atomic E-state index is 10.2. The van der Waals surface area contributed by atoms with Crippen LogP contribution in [0.1, 0.15) is 19.3 Å². The van der Waals surface area contributed by atoms with Gasteiger partial charge in [-0.25, -0.2) is 0 Å². The fourth-order valence-electron chi connectivity index (χ4n) is 3.58. The highest BCUT2D eigenvalue weighted by atomic mass is 35.5. The first kappa shape index (κ1) is 16.1. The first-order valence-electron chi connectivity index (χ1n) is 8.13. The molecule has 2 aliphatic rings. The van der Waals surface area contributed by atoms with E-state index in [1.165, 1.54) is 0 Å². The second-order valence-electron chi connectivity index (χ2n) is 6.12. The van der Waals surface area contributed by atoms with Gasteiger partial charge in [0.25, 0.3) is 0 Å². The largest absolute Gasteiger partial charge is 0.491 e. The molecule has 0 amide bonds. The Bertz CT molecular complexity index is 485. The third-order valence-electron chi connectivity index (χ3n) is 4.78. The summed E-state index contributed by atoms with van der Waals surface area (Å²) in [5.74, 6) is 1.07. The Kier molecular flexibility index (Phi) is 5.58. The number of halogens is 1. The van der Waals surface area contributed by atoms with Crippen molar-refractivity contribution < 1.29 is 14.6 Å². The fourth-order valence-corrected chi connectivity index (χ4v) is 3.77. The molecule has 3 atom stereocenters. The van der Waals surface area contributed by atoms with Gasteiger partial charge in [0.15, 0.2) is 0 Å². The summed E-state index contributed by atoms with van der Waals surface area (Å²) in [6.07, 6.45) is 2.95. The number of nitrogens with zero attached hydrogens (tertiary/aromatic N) is 1. The number of morpholine rings is 1. The lowest BCUT2D eigenvalue weighted by Crippen LogP contribution is -2.52. The molecule has 1 aromatic rings. The summed E-state index contributed by atoms with van der Waals surface area (Å²) in [5, 5.41) is 10.8. The van der Waals surface area contributed by atoms with Crippen molar-refractivity contribution in [2.75, 3.05) is 32.9 Å². The Hall–Kier alpha value is -0.810. The molecule has 22 heavy (non-hydrogen) atoms. The molecule has 3 rings (SSSR count). The lowest BCUT2D eigenvalue weighted by molar-refractivity contribution is -0.0532. The van der Waals surface area contributed by atoms with E-state index < -0.39 is 0 Å². The van der Waals surface area contributed by atoms with Gasteiger partial charge in [-0.1, -0.05) is 30.2 Å². The summed E-state index contributed by atoms with van der Waals surface area (Å²) in [5.41, 5.74) is 0. The topological polar surface area (TPSA) is 41.9 Å². The third-order valence-corrected chi connectivity index (χ3v) is 5.09. The fraction of sp³-hybridized carbons (Fsp3) is 0.647. The van der Waals surface area contributed by atoms with Crippen LogP contribution in [0, 0.1) is 5.92 Å². The number of para-hydroxylation sites is 1. The second-order valence-corrected chi connectivity index (χ2v) is 6.53. The highest BCUT2D eigenvalue weighted by Crippen LogP contribution is 2.32. The van der Waals surface area contributed by atoms with E-state index in [-0.39, 0.29) is 6.10 Å². The van der Waals surface area contributed by atoms with Gasteiger partial charge in [-0.2, -0.15) is 0 Å². The maximum atomic E-state index is 10.2. The van der Waals surface area contributed by atoms with E-state index in [0.29, 0.717) is 30.2 Å². The van der Waals surface area contributed by atoms with Crippen molar-refractivity contribution in [1.29, 1.82) is 0 Å². The Morgan fingerprint density at radius 1 is 1.32 bits per heavy atom. The Balaban J connectivity index is 1.54. The zero-order valence-electron chi connectivity index (χ0n) is 12.8. The number of ether oxygens (including phenoxy) is 2. The summed E-state index contributed by atoms with van der Waals surface area (Å²) in [6.45, 7) is 3.81. The van der Waals surface area contributed by atoms with Gasteiger partial charge in [-0.05, 0) is 25.0 Å². The number of hydrogen-bond donors (Lipinski definition) is 1. The van der Waals surface area contributed by atoms with Crippen molar-refractivity contribution in [1.82, 2.24) is 4.90 Å². The van der Waals surface area contributed by atoms with Crippen molar-refractivity contribution in [3.63, 3.8) is 0 Å². The van der Waals surface area contributed by atoms with Gasteiger partial charge in [0.2, 0.25) is 0 Å². The number of rotatable bonds is 5. The predicted octanol–water partition coefficient (Wildman–Crippen LogP) is 2.58. The van der Waals surface area contributed by atoms with Crippen molar-refractivity contribution in [2.45, 2.75) is 31.4 Å². The molecule has 0 bridgehead atoms. The average molecular weight is 326 g/mol. The second kappa shape index (κ2) is 7.64. The van der Waals surface area contributed by atoms with E-state index >= 15 is 0 Å². The molecule has 1 heterocycles. The molecule has 5 heteroatoms. The minimum absolute atomic E-state index is 0.182. The van der Waals surface area contributed by atoms with Gasteiger partial charge < -0.3 is 14.6 Å². The van der Waals surface area contributed by atoms with Gasteiger partial charge in [0.05, 0.1) is 24.3 Å². The van der Waals surface area contributed by atoms with E-state index in [4.69, 9.17) is 21.1 Å². The van der Waals surface area contributed by atoms with Crippen LogP contribution >= 0.6 is 11.6 Å². The van der Waals surface area contributed by atoms with Crippen molar-refractivity contribution in [3.8, 4) is 5.75 Å². The summed E-state index contributed by atoms with van der Waals surface area (Å²) in [6, 6.07) is 7.85. The lowest BCUT2D eigenvalue weighted by atomic mass is 9.94. The molecule has 122 valence electrons. The summed E-state index contributed by atoms with van der Waals surface area (Å²) in [7, 11) is 0. The number of aliphatic hydroxyl groups is 1. The van der Waals surface area contributed by atoms with Gasteiger partial charge in [0.1, 0.15) is 12.4 Å². The van der Waals surface area contributed by atoms with Crippen LogP contribution in [0.5, 0.6) is 5.75 Å². The first-order valence-corrected chi connectivity index (χ1v) is 8.50. The van der Waals surface area contributed by atoms with Gasteiger partial charge in [-0.3, -0.25) is 4.90 Å². The molecule has 4 nitrogen and oxygen atoms in total. The van der Waals surface area contributed by atoms with Crippen molar-refractivity contribution in [3.05, 3.63) is 29.3 Å². The highest BCUT2D eigenvalue weighted by molar-refractivity contribution is 6.32. The van der Waals surface area contributed by atoms with E-state index in [1.54, 1.807) is 0 Å². The minimum atomic E-state index is -0.182. The molecule has 1 N–H and O–H groups in total. The normalized spacial score (nSPS) is 29.6. The van der Waals surface area contributed by atoms with Crippen LogP contribution in [0.3, 0.4) is 0 Å². The van der Waals surface area contributed by atoms with Crippen molar-refractivity contribution >= 4 is 11.6 Å². The summed E-state index contributed by atoms with van der Waals surface area (Å²) >= 11 is 6.11. The Labute approximate surface area is 137 Å². The van der Waals surface area contributed by atoms with Crippen LogP contribution in [-0.2, 0) is 4.74 Å². The molecular weight excluding hydrogens is 302 g/mol. The molecule has 0 spiro atoms. The van der Waals surface area contributed by atoms with E-state index in [2.05, 4.69) is 4.90 Å². The van der Waals surface area contributed by atoms with Gasteiger partial charge in [0, 0.05) is 25.0 Å². The molecule has 1 saturated carbocycles. The zero-order chi connectivity index (χ0) is 15.4. The quantitative estimate of drug-likeness (QED) is 0.903. The van der Waals surface area contributed by atoms with Crippen LogP contribution in [0.2, 0.25) is 5.02 Å². The van der Waals surface area contributed by atoms with Crippen molar-refractivity contribution in [2.24, 2.45) is 5.92 Å². The third kappa shape index (κ3) is 3.74. The van der Waals surface area contributed by atoms with Crippen LogP contribution < -0.4 is 4.74 Å².